The molecule has 0 bridgehead atoms. The van der Waals surface area contributed by atoms with Gasteiger partial charge in [-0.1, -0.05) is 23.9 Å². The summed E-state index contributed by atoms with van der Waals surface area (Å²) >= 11 is 1.28. The van der Waals surface area contributed by atoms with E-state index in [1.165, 1.54) is 24.0 Å². The Bertz CT molecular complexity index is 1530. The zero-order valence-electron chi connectivity index (χ0n) is 21.1. The number of hydrogen-bond donors (Lipinski definition) is 0. The SMILES string of the molecule is CN1CCC[C@H]1C(=O)N1CCC(n2cc(-c3cc(Sc4ccccc4F)c4c(C#N)cnn4c3)cn2)CC1. The van der Waals surface area contributed by atoms with E-state index in [0.717, 1.165) is 61.3 Å². The number of benzene rings is 1. The number of carbonyl (C=O) groups excluding carboxylic acids is 1. The molecular weight excluding hydrogens is 501 g/mol. The Labute approximate surface area is 224 Å². The van der Waals surface area contributed by atoms with E-state index in [0.29, 0.717) is 16.0 Å². The summed E-state index contributed by atoms with van der Waals surface area (Å²) in [4.78, 5) is 18.4. The van der Waals surface area contributed by atoms with E-state index < -0.39 is 0 Å². The lowest BCUT2D eigenvalue weighted by atomic mass is 10.0. The molecule has 0 unspecified atom stereocenters. The molecule has 0 radical (unpaired) electrons. The number of hydrogen-bond acceptors (Lipinski definition) is 6. The second-order valence-electron chi connectivity index (χ2n) is 9.99. The lowest BCUT2D eigenvalue weighted by Crippen LogP contribution is -2.47. The zero-order valence-corrected chi connectivity index (χ0v) is 21.9. The minimum atomic E-state index is -0.309. The van der Waals surface area contributed by atoms with Gasteiger partial charge in [-0.3, -0.25) is 14.4 Å². The first-order valence-electron chi connectivity index (χ1n) is 12.9. The summed E-state index contributed by atoms with van der Waals surface area (Å²) in [6, 6.07) is 11.0. The number of pyridine rings is 1. The summed E-state index contributed by atoms with van der Waals surface area (Å²) in [6.07, 6.45) is 11.0. The molecule has 6 rings (SSSR count). The summed E-state index contributed by atoms with van der Waals surface area (Å²) in [5, 5.41) is 18.6. The van der Waals surface area contributed by atoms with Crippen molar-refractivity contribution in [1.29, 1.82) is 5.26 Å². The third-order valence-electron chi connectivity index (χ3n) is 7.64. The van der Waals surface area contributed by atoms with Crippen LogP contribution in [0.5, 0.6) is 0 Å². The predicted octanol–water partition coefficient (Wildman–Crippen LogP) is 4.62. The molecule has 2 saturated heterocycles. The molecule has 4 aromatic rings. The molecule has 38 heavy (non-hydrogen) atoms. The molecule has 1 aromatic carbocycles. The van der Waals surface area contributed by atoms with Crippen LogP contribution in [0, 0.1) is 17.1 Å². The van der Waals surface area contributed by atoms with Crippen LogP contribution in [0.25, 0.3) is 16.6 Å². The van der Waals surface area contributed by atoms with E-state index in [4.69, 9.17) is 0 Å². The monoisotopic (exact) mass is 529 g/mol. The second kappa shape index (κ2) is 10.2. The molecule has 194 valence electrons. The third-order valence-corrected chi connectivity index (χ3v) is 8.73. The van der Waals surface area contributed by atoms with E-state index in [1.54, 1.807) is 22.7 Å². The Hall–Kier alpha value is -3.68. The van der Waals surface area contributed by atoms with E-state index in [1.807, 2.05) is 41.3 Å². The fourth-order valence-electron chi connectivity index (χ4n) is 5.52. The quantitative estimate of drug-likeness (QED) is 0.375. The number of nitrogens with zero attached hydrogens (tertiary/aromatic N) is 7. The number of piperidine rings is 1. The van der Waals surface area contributed by atoms with Gasteiger partial charge >= 0.3 is 0 Å². The summed E-state index contributed by atoms with van der Waals surface area (Å²) in [5.74, 6) is -0.0509. The maximum atomic E-state index is 14.5. The summed E-state index contributed by atoms with van der Waals surface area (Å²) in [5.41, 5.74) is 2.90. The maximum Gasteiger partial charge on any atom is 0.239 e. The van der Waals surface area contributed by atoms with Gasteiger partial charge in [0.2, 0.25) is 5.91 Å². The number of aromatic nitrogens is 4. The normalized spacial score (nSPS) is 18.8. The number of likely N-dealkylation sites (tertiary alicyclic amines) is 2. The fraction of sp³-hybridized carbons (Fsp3) is 0.357. The van der Waals surface area contributed by atoms with Crippen molar-refractivity contribution < 1.29 is 9.18 Å². The highest BCUT2D eigenvalue weighted by atomic mass is 32.2. The number of halogens is 1. The Balaban J connectivity index is 1.23. The minimum Gasteiger partial charge on any atom is -0.341 e. The first kappa shape index (κ1) is 24.6. The zero-order chi connectivity index (χ0) is 26.2. The minimum absolute atomic E-state index is 0.0260. The van der Waals surface area contributed by atoms with Crippen molar-refractivity contribution in [3.8, 4) is 17.2 Å². The van der Waals surface area contributed by atoms with Crippen molar-refractivity contribution in [3.05, 3.63) is 66.5 Å². The van der Waals surface area contributed by atoms with Gasteiger partial charge in [0.25, 0.3) is 0 Å². The third kappa shape index (κ3) is 4.57. The van der Waals surface area contributed by atoms with E-state index in [9.17, 15) is 14.4 Å². The first-order valence-corrected chi connectivity index (χ1v) is 13.7. The summed E-state index contributed by atoms with van der Waals surface area (Å²) in [6.45, 7) is 2.47. The van der Waals surface area contributed by atoms with Crippen LogP contribution in [0.2, 0.25) is 0 Å². The van der Waals surface area contributed by atoms with Gasteiger partial charge in [-0.25, -0.2) is 8.91 Å². The van der Waals surface area contributed by atoms with Crippen LogP contribution in [0.15, 0.2) is 64.9 Å². The topological polar surface area (TPSA) is 82.5 Å². The molecule has 10 heteroatoms. The fourth-order valence-corrected chi connectivity index (χ4v) is 6.55. The molecule has 2 aliphatic rings. The van der Waals surface area contributed by atoms with Crippen molar-refractivity contribution >= 4 is 23.2 Å². The van der Waals surface area contributed by atoms with Crippen molar-refractivity contribution in [2.45, 2.75) is 47.6 Å². The second-order valence-corrected chi connectivity index (χ2v) is 11.1. The van der Waals surface area contributed by atoms with E-state index in [2.05, 4.69) is 21.2 Å². The lowest BCUT2D eigenvalue weighted by Gasteiger charge is -2.34. The summed E-state index contributed by atoms with van der Waals surface area (Å²) < 4.78 is 18.1. The number of amides is 1. The van der Waals surface area contributed by atoms with Crippen LogP contribution < -0.4 is 0 Å². The van der Waals surface area contributed by atoms with Gasteiger partial charge in [-0.2, -0.15) is 15.5 Å². The molecule has 0 spiro atoms. The van der Waals surface area contributed by atoms with Gasteiger partial charge < -0.3 is 4.90 Å². The van der Waals surface area contributed by atoms with Crippen molar-refractivity contribution in [1.82, 2.24) is 29.2 Å². The molecule has 0 aliphatic carbocycles. The summed E-state index contributed by atoms with van der Waals surface area (Å²) in [7, 11) is 2.04. The Kier molecular flexibility index (Phi) is 6.64. The average molecular weight is 530 g/mol. The molecule has 2 fully saturated rings. The molecule has 0 saturated carbocycles. The van der Waals surface area contributed by atoms with Crippen LogP contribution in [0.4, 0.5) is 4.39 Å². The lowest BCUT2D eigenvalue weighted by molar-refractivity contribution is -0.136. The molecule has 8 nitrogen and oxygen atoms in total. The van der Waals surface area contributed by atoms with E-state index in [-0.39, 0.29) is 23.8 Å². The number of fused-ring (bicyclic) bond motifs is 1. The Morgan fingerprint density at radius 1 is 1.05 bits per heavy atom. The molecule has 5 heterocycles. The molecule has 3 aromatic heterocycles. The van der Waals surface area contributed by atoms with Gasteiger partial charge in [0.1, 0.15) is 11.9 Å². The van der Waals surface area contributed by atoms with Crippen molar-refractivity contribution in [2.24, 2.45) is 0 Å². The van der Waals surface area contributed by atoms with Crippen molar-refractivity contribution in [2.75, 3.05) is 26.7 Å². The number of rotatable bonds is 5. The number of likely N-dealkylation sites (N-methyl/N-ethyl adjacent to an activating group) is 1. The number of carbonyl (C=O) groups is 1. The van der Waals surface area contributed by atoms with Gasteiger partial charge in [0.15, 0.2) is 0 Å². The number of nitriles is 1. The van der Waals surface area contributed by atoms with Gasteiger partial charge in [-0.05, 0) is 57.5 Å². The molecule has 1 atom stereocenters. The molecule has 2 aliphatic heterocycles. The van der Waals surface area contributed by atoms with Crippen LogP contribution in [0.3, 0.4) is 0 Å². The smallest absolute Gasteiger partial charge is 0.239 e. The molecule has 1 amide bonds. The maximum absolute atomic E-state index is 14.5. The highest BCUT2D eigenvalue weighted by molar-refractivity contribution is 7.99. The Morgan fingerprint density at radius 2 is 1.87 bits per heavy atom. The van der Waals surface area contributed by atoms with E-state index >= 15 is 0 Å². The van der Waals surface area contributed by atoms with Crippen LogP contribution >= 0.6 is 11.8 Å². The van der Waals surface area contributed by atoms with Crippen LogP contribution in [-0.2, 0) is 4.79 Å². The Morgan fingerprint density at radius 3 is 2.61 bits per heavy atom. The van der Waals surface area contributed by atoms with Crippen molar-refractivity contribution in [3.63, 3.8) is 0 Å². The first-order chi connectivity index (χ1) is 18.5. The molecule has 0 N–H and O–H groups in total. The van der Waals surface area contributed by atoms with Gasteiger partial charge in [0.05, 0.1) is 35.6 Å². The molecular formula is C28H28FN7OS. The average Bonchev–Trinajstić information content (AvgIpc) is 3.69. The van der Waals surface area contributed by atoms with Gasteiger partial charge in [-0.15, -0.1) is 0 Å². The largest absolute Gasteiger partial charge is 0.341 e. The van der Waals surface area contributed by atoms with Crippen LogP contribution in [0.1, 0.15) is 37.3 Å². The van der Waals surface area contributed by atoms with Crippen LogP contribution in [-0.4, -0.2) is 67.8 Å². The van der Waals surface area contributed by atoms with Gasteiger partial charge in [0, 0.05) is 46.4 Å². The highest BCUT2D eigenvalue weighted by Crippen LogP contribution is 2.37. The predicted molar refractivity (Wildman–Crippen MR) is 142 cm³/mol. The standard InChI is InChI=1S/C28H28FN7OS/c1-33-10-4-6-24(33)28(37)34-11-8-22(9-12-34)35-18-21(16-31-35)19-13-26(38-25-7-3-2-5-23(25)29)27-20(14-30)15-32-36(27)17-19/h2-3,5,7,13,15-18,22,24H,4,6,8-12H2,1H3/t24-/m0/s1. The highest BCUT2D eigenvalue weighted by Gasteiger charge is 2.33.